The van der Waals surface area contributed by atoms with E-state index in [9.17, 15) is 14.7 Å². The predicted octanol–water partition coefficient (Wildman–Crippen LogP) is 2.11. The van der Waals surface area contributed by atoms with Crippen molar-refractivity contribution in [2.75, 3.05) is 6.61 Å². The molecule has 0 aromatic heterocycles. The second kappa shape index (κ2) is 8.08. The minimum absolute atomic E-state index is 0.0496. The van der Waals surface area contributed by atoms with E-state index in [0.29, 0.717) is 19.6 Å². The smallest absolute Gasteiger partial charge is 0.338 e. The van der Waals surface area contributed by atoms with Gasteiger partial charge < -0.3 is 20.3 Å². The van der Waals surface area contributed by atoms with Gasteiger partial charge in [0.2, 0.25) is 5.54 Å². The number of rotatable bonds is 8. The standard InChI is InChI=1S/C17H25NO5/c1-16(2,3)23-15(21)17(18,14(19)20)10-7-11-22-12-13-8-5-4-6-9-13/h4-6,8-9H,7,10-12,18H2,1-3H3,(H,19,20)/t17-/m1/s1. The Morgan fingerprint density at radius 1 is 1.17 bits per heavy atom. The third-order valence-corrected chi connectivity index (χ3v) is 3.12. The van der Waals surface area contributed by atoms with E-state index in [-0.39, 0.29) is 6.42 Å². The highest BCUT2D eigenvalue weighted by Gasteiger charge is 2.44. The van der Waals surface area contributed by atoms with Crippen molar-refractivity contribution in [2.24, 2.45) is 5.73 Å². The molecule has 0 bridgehead atoms. The first kappa shape index (κ1) is 19.1. The second-order valence-corrected chi connectivity index (χ2v) is 6.42. The van der Waals surface area contributed by atoms with Gasteiger partial charge in [-0.2, -0.15) is 0 Å². The highest BCUT2D eigenvalue weighted by molar-refractivity contribution is 6.03. The van der Waals surface area contributed by atoms with Gasteiger partial charge in [0, 0.05) is 6.61 Å². The topological polar surface area (TPSA) is 98.9 Å². The van der Waals surface area contributed by atoms with Crippen LogP contribution in [-0.2, 0) is 25.7 Å². The number of carboxylic acid groups (broad SMARTS) is 1. The Balaban J connectivity index is 2.47. The first-order chi connectivity index (χ1) is 10.6. The average molecular weight is 323 g/mol. The highest BCUT2D eigenvalue weighted by Crippen LogP contribution is 2.18. The fourth-order valence-electron chi connectivity index (χ4n) is 1.88. The van der Waals surface area contributed by atoms with Crippen LogP contribution in [0.2, 0.25) is 0 Å². The molecule has 0 saturated carbocycles. The van der Waals surface area contributed by atoms with E-state index in [0.717, 1.165) is 5.56 Å². The van der Waals surface area contributed by atoms with Crippen molar-refractivity contribution >= 4 is 11.9 Å². The van der Waals surface area contributed by atoms with E-state index in [4.69, 9.17) is 15.2 Å². The molecule has 0 unspecified atom stereocenters. The predicted molar refractivity (Wildman–Crippen MR) is 85.7 cm³/mol. The van der Waals surface area contributed by atoms with Crippen molar-refractivity contribution in [3.8, 4) is 0 Å². The molecule has 23 heavy (non-hydrogen) atoms. The number of ether oxygens (including phenoxy) is 2. The molecule has 0 heterocycles. The summed E-state index contributed by atoms with van der Waals surface area (Å²) in [6.45, 7) is 5.73. The lowest BCUT2D eigenvalue weighted by Crippen LogP contribution is -2.57. The Morgan fingerprint density at radius 3 is 2.30 bits per heavy atom. The maximum atomic E-state index is 12.0. The van der Waals surface area contributed by atoms with Crippen molar-refractivity contribution in [1.29, 1.82) is 0 Å². The fraction of sp³-hybridized carbons (Fsp3) is 0.529. The van der Waals surface area contributed by atoms with Gasteiger partial charge in [-0.3, -0.25) is 0 Å². The van der Waals surface area contributed by atoms with E-state index in [2.05, 4.69) is 0 Å². The van der Waals surface area contributed by atoms with Crippen LogP contribution >= 0.6 is 0 Å². The molecule has 0 saturated heterocycles. The molecule has 0 spiro atoms. The highest BCUT2D eigenvalue weighted by atomic mass is 16.6. The molecule has 1 atom stereocenters. The van der Waals surface area contributed by atoms with E-state index in [1.54, 1.807) is 20.8 Å². The molecule has 1 aromatic carbocycles. The zero-order valence-electron chi connectivity index (χ0n) is 13.9. The summed E-state index contributed by atoms with van der Waals surface area (Å²) in [5.41, 5.74) is 3.94. The summed E-state index contributed by atoms with van der Waals surface area (Å²) in [6.07, 6.45) is 0.293. The number of benzene rings is 1. The van der Waals surface area contributed by atoms with Gasteiger partial charge in [-0.1, -0.05) is 30.3 Å². The Kier molecular flexibility index (Phi) is 6.72. The molecular formula is C17H25NO5. The first-order valence-electron chi connectivity index (χ1n) is 7.52. The molecule has 0 amide bonds. The van der Waals surface area contributed by atoms with Crippen molar-refractivity contribution < 1.29 is 24.2 Å². The van der Waals surface area contributed by atoms with Gasteiger partial charge >= 0.3 is 11.9 Å². The van der Waals surface area contributed by atoms with Crippen molar-refractivity contribution in [1.82, 2.24) is 0 Å². The molecule has 0 aliphatic rings. The number of carbonyl (C=O) groups is 2. The fourth-order valence-corrected chi connectivity index (χ4v) is 1.88. The van der Waals surface area contributed by atoms with Crippen LogP contribution in [0.15, 0.2) is 30.3 Å². The van der Waals surface area contributed by atoms with Gasteiger partial charge in [0.25, 0.3) is 0 Å². The lowest BCUT2D eigenvalue weighted by molar-refractivity contribution is -0.169. The summed E-state index contributed by atoms with van der Waals surface area (Å²) in [4.78, 5) is 23.4. The zero-order valence-corrected chi connectivity index (χ0v) is 13.9. The Labute approximate surface area is 136 Å². The van der Waals surface area contributed by atoms with Crippen LogP contribution < -0.4 is 5.73 Å². The molecule has 128 valence electrons. The molecule has 0 radical (unpaired) electrons. The van der Waals surface area contributed by atoms with Crippen molar-refractivity contribution in [3.63, 3.8) is 0 Å². The molecule has 0 aliphatic heterocycles. The van der Waals surface area contributed by atoms with Crippen LogP contribution in [0.5, 0.6) is 0 Å². The van der Waals surface area contributed by atoms with Gasteiger partial charge in [0.1, 0.15) is 5.60 Å². The SMILES string of the molecule is CC(C)(C)OC(=O)[C@@](N)(CCCOCc1ccccc1)C(=O)O. The quantitative estimate of drug-likeness (QED) is 0.432. The van der Waals surface area contributed by atoms with Crippen molar-refractivity contribution in [3.05, 3.63) is 35.9 Å². The lowest BCUT2D eigenvalue weighted by atomic mass is 9.94. The zero-order chi connectivity index (χ0) is 17.5. The number of esters is 1. The largest absolute Gasteiger partial charge is 0.479 e. The van der Waals surface area contributed by atoms with Crippen LogP contribution in [0, 0.1) is 0 Å². The van der Waals surface area contributed by atoms with E-state index in [1.807, 2.05) is 30.3 Å². The molecular weight excluding hydrogens is 298 g/mol. The molecule has 0 fully saturated rings. The van der Waals surface area contributed by atoms with Crippen molar-refractivity contribution in [2.45, 2.75) is 51.4 Å². The minimum atomic E-state index is -2.05. The Morgan fingerprint density at radius 2 is 1.78 bits per heavy atom. The van der Waals surface area contributed by atoms with Crippen LogP contribution in [0.3, 0.4) is 0 Å². The van der Waals surface area contributed by atoms with Crippen LogP contribution in [0.1, 0.15) is 39.2 Å². The van der Waals surface area contributed by atoms with E-state index >= 15 is 0 Å². The summed E-state index contributed by atoms with van der Waals surface area (Å²) < 4.78 is 10.6. The summed E-state index contributed by atoms with van der Waals surface area (Å²) in [5.74, 6) is -2.32. The first-order valence-corrected chi connectivity index (χ1v) is 7.52. The monoisotopic (exact) mass is 323 g/mol. The van der Waals surface area contributed by atoms with Crippen LogP contribution in [-0.4, -0.2) is 34.8 Å². The number of hydrogen-bond donors (Lipinski definition) is 2. The minimum Gasteiger partial charge on any atom is -0.479 e. The van der Waals surface area contributed by atoms with Gasteiger partial charge in [-0.25, -0.2) is 9.59 Å². The number of carbonyl (C=O) groups excluding carboxylic acids is 1. The maximum Gasteiger partial charge on any atom is 0.338 e. The molecule has 1 rings (SSSR count). The Bertz CT molecular complexity index is 524. The normalized spacial score (nSPS) is 14.1. The van der Waals surface area contributed by atoms with E-state index in [1.165, 1.54) is 0 Å². The summed E-state index contributed by atoms with van der Waals surface area (Å²) in [6, 6.07) is 9.61. The third kappa shape index (κ3) is 6.38. The maximum absolute atomic E-state index is 12.0. The number of hydrogen-bond acceptors (Lipinski definition) is 5. The lowest BCUT2D eigenvalue weighted by Gasteiger charge is -2.28. The van der Waals surface area contributed by atoms with Gasteiger partial charge in [0.15, 0.2) is 0 Å². The van der Waals surface area contributed by atoms with Crippen LogP contribution in [0.4, 0.5) is 0 Å². The van der Waals surface area contributed by atoms with E-state index < -0.39 is 23.1 Å². The second-order valence-electron chi connectivity index (χ2n) is 6.42. The summed E-state index contributed by atoms with van der Waals surface area (Å²) in [5, 5.41) is 9.27. The van der Waals surface area contributed by atoms with Gasteiger partial charge in [-0.15, -0.1) is 0 Å². The average Bonchev–Trinajstić information content (AvgIpc) is 2.45. The Hall–Kier alpha value is -1.92. The summed E-state index contributed by atoms with van der Waals surface area (Å²) >= 11 is 0. The molecule has 1 aromatic rings. The van der Waals surface area contributed by atoms with Crippen LogP contribution in [0.25, 0.3) is 0 Å². The molecule has 6 nitrogen and oxygen atoms in total. The number of carboxylic acids is 1. The van der Waals surface area contributed by atoms with Gasteiger partial charge in [0.05, 0.1) is 6.61 Å². The molecule has 0 aliphatic carbocycles. The van der Waals surface area contributed by atoms with Gasteiger partial charge in [-0.05, 0) is 39.2 Å². The molecule has 6 heteroatoms. The summed E-state index contributed by atoms with van der Waals surface area (Å²) in [7, 11) is 0. The molecule has 3 N–H and O–H groups in total. The third-order valence-electron chi connectivity index (χ3n) is 3.12. The number of aliphatic carboxylic acids is 1. The number of nitrogens with two attached hydrogens (primary N) is 1.